The lowest BCUT2D eigenvalue weighted by Gasteiger charge is -2.32. The monoisotopic (exact) mass is 247 g/mol. The molecule has 0 atom stereocenters. The van der Waals surface area contributed by atoms with E-state index in [1.165, 1.54) is 5.56 Å². The Morgan fingerprint density at radius 3 is 2.72 bits per heavy atom. The zero-order valence-corrected chi connectivity index (χ0v) is 11.6. The third kappa shape index (κ3) is 2.66. The summed E-state index contributed by atoms with van der Waals surface area (Å²) in [7, 11) is 0. The van der Waals surface area contributed by atoms with Gasteiger partial charge in [-0.1, -0.05) is 18.2 Å². The van der Waals surface area contributed by atoms with Crippen LogP contribution >= 0.6 is 0 Å². The van der Waals surface area contributed by atoms with E-state index in [4.69, 9.17) is 4.74 Å². The van der Waals surface area contributed by atoms with Crippen molar-refractivity contribution in [3.05, 3.63) is 29.3 Å². The summed E-state index contributed by atoms with van der Waals surface area (Å²) in [4.78, 5) is 14.0. The van der Waals surface area contributed by atoms with Crippen molar-refractivity contribution in [1.82, 2.24) is 0 Å². The van der Waals surface area contributed by atoms with Gasteiger partial charge >= 0.3 is 6.09 Å². The zero-order chi connectivity index (χ0) is 13.3. The Balaban J connectivity index is 2.30. The van der Waals surface area contributed by atoms with Gasteiger partial charge in [-0.3, -0.25) is 4.90 Å². The summed E-state index contributed by atoms with van der Waals surface area (Å²) >= 11 is 0. The van der Waals surface area contributed by atoms with Gasteiger partial charge in [-0.05, 0) is 51.7 Å². The van der Waals surface area contributed by atoms with Gasteiger partial charge in [-0.2, -0.15) is 0 Å². The van der Waals surface area contributed by atoms with E-state index >= 15 is 0 Å². The Hall–Kier alpha value is -1.51. The van der Waals surface area contributed by atoms with E-state index in [1.807, 2.05) is 39.8 Å². The lowest BCUT2D eigenvalue weighted by molar-refractivity contribution is 0.0577. The van der Waals surface area contributed by atoms with Gasteiger partial charge < -0.3 is 4.74 Å². The van der Waals surface area contributed by atoms with Gasteiger partial charge in [0.05, 0.1) is 5.69 Å². The minimum Gasteiger partial charge on any atom is -0.443 e. The molecule has 0 saturated carbocycles. The second kappa shape index (κ2) is 4.63. The molecule has 0 N–H and O–H groups in total. The van der Waals surface area contributed by atoms with Gasteiger partial charge in [-0.15, -0.1) is 0 Å². The summed E-state index contributed by atoms with van der Waals surface area (Å²) in [5.74, 6) is 0. The largest absolute Gasteiger partial charge is 0.443 e. The van der Waals surface area contributed by atoms with E-state index < -0.39 is 5.60 Å². The molecule has 1 heterocycles. The minimum absolute atomic E-state index is 0.238. The Kier molecular flexibility index (Phi) is 3.33. The van der Waals surface area contributed by atoms with Gasteiger partial charge in [0.1, 0.15) is 5.60 Å². The normalized spacial score (nSPS) is 15.2. The molecule has 3 nitrogen and oxygen atoms in total. The third-order valence-corrected chi connectivity index (χ3v) is 3.03. The summed E-state index contributed by atoms with van der Waals surface area (Å²) in [6.45, 7) is 8.48. The maximum Gasteiger partial charge on any atom is 0.414 e. The number of nitrogens with zero attached hydrogens (tertiary/aromatic N) is 1. The molecule has 98 valence electrons. The van der Waals surface area contributed by atoms with Crippen LogP contribution in [0.2, 0.25) is 0 Å². The van der Waals surface area contributed by atoms with E-state index in [0.717, 1.165) is 30.6 Å². The molecule has 1 aliphatic rings. The summed E-state index contributed by atoms with van der Waals surface area (Å²) < 4.78 is 5.48. The number of carbonyl (C=O) groups is 1. The lowest BCUT2D eigenvalue weighted by Crippen LogP contribution is -2.40. The van der Waals surface area contributed by atoms with Crippen LogP contribution in [0.3, 0.4) is 0 Å². The van der Waals surface area contributed by atoms with Crippen molar-refractivity contribution in [2.75, 3.05) is 11.4 Å². The van der Waals surface area contributed by atoms with Crippen LogP contribution in [-0.2, 0) is 11.2 Å². The Morgan fingerprint density at radius 1 is 1.33 bits per heavy atom. The molecule has 1 aromatic rings. The number of carbonyl (C=O) groups excluding carboxylic acids is 1. The first-order valence-corrected chi connectivity index (χ1v) is 6.47. The molecule has 0 fully saturated rings. The molecule has 0 bridgehead atoms. The van der Waals surface area contributed by atoms with Crippen molar-refractivity contribution in [2.45, 2.75) is 46.1 Å². The molecule has 0 radical (unpaired) electrons. The lowest BCUT2D eigenvalue weighted by atomic mass is 9.99. The van der Waals surface area contributed by atoms with Crippen LogP contribution in [0.15, 0.2) is 18.2 Å². The standard InChI is InChI=1S/C15H21NO2/c1-11-7-5-8-12-9-6-10-16(13(11)12)14(17)18-15(2,3)4/h5,7-8H,6,9-10H2,1-4H3. The van der Waals surface area contributed by atoms with Crippen molar-refractivity contribution in [1.29, 1.82) is 0 Å². The van der Waals surface area contributed by atoms with E-state index in [1.54, 1.807) is 4.90 Å². The topological polar surface area (TPSA) is 29.5 Å². The van der Waals surface area contributed by atoms with E-state index in [9.17, 15) is 4.79 Å². The number of aryl methyl sites for hydroxylation is 2. The molecular weight excluding hydrogens is 226 g/mol. The van der Waals surface area contributed by atoms with Crippen LogP contribution in [-0.4, -0.2) is 18.2 Å². The molecule has 0 aromatic heterocycles. The number of amides is 1. The summed E-state index contributed by atoms with van der Waals surface area (Å²) in [5.41, 5.74) is 2.97. The summed E-state index contributed by atoms with van der Waals surface area (Å²) in [6, 6.07) is 6.19. The number of anilines is 1. The van der Waals surface area contributed by atoms with Gasteiger partial charge in [0.25, 0.3) is 0 Å². The fraction of sp³-hybridized carbons (Fsp3) is 0.533. The fourth-order valence-corrected chi connectivity index (χ4v) is 2.35. The first kappa shape index (κ1) is 12.9. The van der Waals surface area contributed by atoms with Crippen molar-refractivity contribution in [3.63, 3.8) is 0 Å². The number of ether oxygens (including phenoxy) is 1. The second-order valence-electron chi connectivity index (χ2n) is 5.82. The number of hydrogen-bond donors (Lipinski definition) is 0. The number of fused-ring (bicyclic) bond motifs is 1. The second-order valence-corrected chi connectivity index (χ2v) is 5.82. The van der Waals surface area contributed by atoms with E-state index in [0.29, 0.717) is 0 Å². The van der Waals surface area contributed by atoms with Crippen molar-refractivity contribution in [2.24, 2.45) is 0 Å². The molecule has 0 unspecified atom stereocenters. The third-order valence-electron chi connectivity index (χ3n) is 3.03. The molecule has 1 amide bonds. The minimum atomic E-state index is -0.447. The molecular formula is C15H21NO2. The zero-order valence-electron chi connectivity index (χ0n) is 11.6. The molecule has 0 saturated heterocycles. The Bertz CT molecular complexity index is 460. The molecule has 2 rings (SSSR count). The van der Waals surface area contributed by atoms with Crippen molar-refractivity contribution < 1.29 is 9.53 Å². The smallest absolute Gasteiger partial charge is 0.414 e. The predicted molar refractivity (Wildman–Crippen MR) is 73.1 cm³/mol. The van der Waals surface area contributed by atoms with Gasteiger partial charge in [0, 0.05) is 6.54 Å². The maximum atomic E-state index is 12.2. The van der Waals surface area contributed by atoms with Crippen LogP contribution in [0.25, 0.3) is 0 Å². The van der Waals surface area contributed by atoms with Crippen molar-refractivity contribution >= 4 is 11.8 Å². The number of rotatable bonds is 0. The molecule has 1 aromatic carbocycles. The Morgan fingerprint density at radius 2 is 2.06 bits per heavy atom. The SMILES string of the molecule is Cc1cccc2c1N(C(=O)OC(C)(C)C)CCC2. The molecule has 1 aliphatic heterocycles. The van der Waals surface area contributed by atoms with Crippen LogP contribution in [0.5, 0.6) is 0 Å². The van der Waals surface area contributed by atoms with E-state index in [2.05, 4.69) is 6.07 Å². The van der Waals surface area contributed by atoms with E-state index in [-0.39, 0.29) is 6.09 Å². The first-order valence-electron chi connectivity index (χ1n) is 6.47. The average molecular weight is 247 g/mol. The van der Waals surface area contributed by atoms with Crippen LogP contribution in [0, 0.1) is 6.92 Å². The average Bonchev–Trinajstić information content (AvgIpc) is 2.26. The fourth-order valence-electron chi connectivity index (χ4n) is 2.35. The van der Waals surface area contributed by atoms with Crippen LogP contribution in [0.4, 0.5) is 10.5 Å². The van der Waals surface area contributed by atoms with Gasteiger partial charge in [0.2, 0.25) is 0 Å². The van der Waals surface area contributed by atoms with Gasteiger partial charge in [0.15, 0.2) is 0 Å². The highest BCUT2D eigenvalue weighted by atomic mass is 16.6. The van der Waals surface area contributed by atoms with Crippen molar-refractivity contribution in [3.8, 4) is 0 Å². The maximum absolute atomic E-state index is 12.2. The molecule has 3 heteroatoms. The molecule has 0 aliphatic carbocycles. The quantitative estimate of drug-likeness (QED) is 0.700. The molecule has 18 heavy (non-hydrogen) atoms. The highest BCUT2D eigenvalue weighted by Gasteiger charge is 2.28. The summed E-state index contributed by atoms with van der Waals surface area (Å²) in [5, 5.41) is 0. The highest BCUT2D eigenvalue weighted by molar-refractivity contribution is 5.90. The van der Waals surface area contributed by atoms with Gasteiger partial charge in [-0.25, -0.2) is 4.79 Å². The predicted octanol–water partition coefficient (Wildman–Crippen LogP) is 3.68. The highest BCUT2D eigenvalue weighted by Crippen LogP contribution is 2.31. The number of benzene rings is 1. The number of hydrogen-bond acceptors (Lipinski definition) is 2. The summed E-state index contributed by atoms with van der Waals surface area (Å²) in [6.07, 6.45) is 1.80. The Labute approximate surface area is 109 Å². The molecule has 0 spiro atoms. The number of para-hydroxylation sites is 1. The van der Waals surface area contributed by atoms with Crippen LogP contribution < -0.4 is 4.90 Å². The first-order chi connectivity index (χ1) is 8.38. The van der Waals surface area contributed by atoms with Crippen LogP contribution in [0.1, 0.15) is 38.3 Å².